The predicted octanol–water partition coefficient (Wildman–Crippen LogP) is 5.76. The lowest BCUT2D eigenvalue weighted by Gasteiger charge is -2.27. The number of amides is 5. The topological polar surface area (TPSA) is 94.6 Å². The molecule has 0 saturated carbocycles. The Bertz CT molecular complexity index is 1330. The summed E-state index contributed by atoms with van der Waals surface area (Å²) in [7, 11) is 0. The lowest BCUT2D eigenvalue weighted by atomic mass is 10.0. The molecule has 38 heavy (non-hydrogen) atoms. The van der Waals surface area contributed by atoms with Crippen LogP contribution in [0.1, 0.15) is 25.0 Å². The van der Waals surface area contributed by atoms with Gasteiger partial charge in [-0.05, 0) is 73.1 Å². The number of nitrogens with one attached hydrogen (secondary N) is 2. The molecule has 1 aromatic heterocycles. The average Bonchev–Trinajstić information content (AvgIpc) is 3.02. The SMILES string of the molecule is CC1(C)C(=O)N(c2ccc(SC(F)(F)F)cc2)C(=O)N1Cc1ccnc(NC(=O)NCc2ccccc2)c1. The van der Waals surface area contributed by atoms with Crippen LogP contribution in [0.5, 0.6) is 0 Å². The molecule has 0 bridgehead atoms. The molecule has 12 heteroatoms. The Kier molecular flexibility index (Phi) is 7.63. The second-order valence-corrected chi connectivity index (χ2v) is 10.1. The molecule has 1 saturated heterocycles. The van der Waals surface area contributed by atoms with E-state index in [1.807, 2.05) is 30.3 Å². The van der Waals surface area contributed by atoms with Crippen molar-refractivity contribution in [1.29, 1.82) is 0 Å². The Labute approximate surface area is 221 Å². The average molecular weight is 544 g/mol. The molecule has 0 spiro atoms. The lowest BCUT2D eigenvalue weighted by Crippen LogP contribution is -2.43. The molecule has 198 valence electrons. The van der Waals surface area contributed by atoms with Gasteiger partial charge in [0.25, 0.3) is 5.91 Å². The number of alkyl halides is 3. The smallest absolute Gasteiger partial charge is 0.334 e. The van der Waals surface area contributed by atoms with Gasteiger partial charge in [-0.25, -0.2) is 19.5 Å². The Balaban J connectivity index is 1.44. The van der Waals surface area contributed by atoms with E-state index in [1.165, 1.54) is 35.4 Å². The van der Waals surface area contributed by atoms with E-state index in [9.17, 15) is 27.6 Å². The Morgan fingerprint density at radius 3 is 2.34 bits per heavy atom. The van der Waals surface area contributed by atoms with Gasteiger partial charge in [0.05, 0.1) is 5.69 Å². The Morgan fingerprint density at radius 2 is 1.68 bits per heavy atom. The largest absolute Gasteiger partial charge is 0.446 e. The third-order valence-corrected chi connectivity index (χ3v) is 6.59. The summed E-state index contributed by atoms with van der Waals surface area (Å²) in [6, 6.07) is 16.6. The van der Waals surface area contributed by atoms with Crippen LogP contribution in [0.15, 0.2) is 77.8 Å². The summed E-state index contributed by atoms with van der Waals surface area (Å²) in [5.41, 5.74) is -3.94. The van der Waals surface area contributed by atoms with Gasteiger partial charge in [0.2, 0.25) is 0 Å². The molecule has 8 nitrogen and oxygen atoms in total. The molecule has 1 aliphatic heterocycles. The third kappa shape index (κ3) is 6.25. The van der Waals surface area contributed by atoms with Crippen LogP contribution in [0, 0.1) is 0 Å². The highest BCUT2D eigenvalue weighted by Gasteiger charge is 2.51. The first-order valence-corrected chi connectivity index (χ1v) is 12.3. The van der Waals surface area contributed by atoms with Gasteiger partial charge in [-0.2, -0.15) is 13.2 Å². The highest BCUT2D eigenvalue weighted by Crippen LogP contribution is 2.39. The number of urea groups is 2. The number of nitrogens with zero attached hydrogens (tertiary/aromatic N) is 3. The van der Waals surface area contributed by atoms with Crippen molar-refractivity contribution in [3.05, 3.63) is 84.1 Å². The van der Waals surface area contributed by atoms with Gasteiger partial charge in [-0.1, -0.05) is 30.3 Å². The van der Waals surface area contributed by atoms with Gasteiger partial charge in [0, 0.05) is 24.2 Å². The van der Waals surface area contributed by atoms with Crippen LogP contribution in [-0.2, 0) is 17.9 Å². The van der Waals surface area contributed by atoms with E-state index in [0.29, 0.717) is 12.1 Å². The number of thioether (sulfide) groups is 1. The molecule has 0 atom stereocenters. The molecule has 0 aliphatic carbocycles. The number of carbonyl (C=O) groups is 3. The summed E-state index contributed by atoms with van der Waals surface area (Å²) >= 11 is -0.276. The molecule has 3 aromatic rings. The maximum absolute atomic E-state index is 13.3. The van der Waals surface area contributed by atoms with E-state index >= 15 is 0 Å². The van der Waals surface area contributed by atoms with Crippen molar-refractivity contribution in [3.8, 4) is 0 Å². The number of imide groups is 1. The first-order valence-electron chi connectivity index (χ1n) is 11.5. The van der Waals surface area contributed by atoms with E-state index in [4.69, 9.17) is 0 Å². The molecule has 1 aliphatic rings. The molecule has 0 radical (unpaired) electrons. The minimum Gasteiger partial charge on any atom is -0.334 e. The van der Waals surface area contributed by atoms with E-state index in [-0.39, 0.29) is 34.7 Å². The number of rotatable bonds is 7. The fraction of sp³-hybridized carbons (Fsp3) is 0.231. The summed E-state index contributed by atoms with van der Waals surface area (Å²) in [5.74, 6) is -0.245. The van der Waals surface area contributed by atoms with Crippen molar-refractivity contribution in [3.63, 3.8) is 0 Å². The normalized spacial score (nSPS) is 15.1. The van der Waals surface area contributed by atoms with Crippen LogP contribution in [-0.4, -0.2) is 38.9 Å². The van der Waals surface area contributed by atoms with Gasteiger partial charge in [-0.15, -0.1) is 0 Å². The first kappa shape index (κ1) is 27.0. The van der Waals surface area contributed by atoms with Crippen molar-refractivity contribution in [2.45, 2.75) is 42.9 Å². The van der Waals surface area contributed by atoms with Crippen LogP contribution in [0.25, 0.3) is 0 Å². The Hall–Kier alpha value is -4.06. The van der Waals surface area contributed by atoms with E-state index in [2.05, 4.69) is 15.6 Å². The van der Waals surface area contributed by atoms with Gasteiger partial charge >= 0.3 is 17.6 Å². The lowest BCUT2D eigenvalue weighted by molar-refractivity contribution is -0.123. The van der Waals surface area contributed by atoms with Crippen LogP contribution in [0.4, 0.5) is 34.3 Å². The molecule has 2 aromatic carbocycles. The number of pyridine rings is 1. The van der Waals surface area contributed by atoms with E-state index < -0.39 is 29.0 Å². The number of benzene rings is 2. The summed E-state index contributed by atoms with van der Waals surface area (Å²) in [5, 5.41) is 5.39. The monoisotopic (exact) mass is 543 g/mol. The number of carbonyl (C=O) groups excluding carboxylic acids is 3. The summed E-state index contributed by atoms with van der Waals surface area (Å²) in [6.07, 6.45) is 1.48. The van der Waals surface area contributed by atoms with E-state index in [0.717, 1.165) is 10.5 Å². The zero-order chi connectivity index (χ0) is 27.5. The minimum absolute atomic E-state index is 0.0406. The third-order valence-electron chi connectivity index (χ3n) is 5.85. The second kappa shape index (κ2) is 10.7. The number of aromatic nitrogens is 1. The van der Waals surface area contributed by atoms with Crippen LogP contribution in [0.2, 0.25) is 0 Å². The van der Waals surface area contributed by atoms with Crippen molar-refractivity contribution in [1.82, 2.24) is 15.2 Å². The predicted molar refractivity (Wildman–Crippen MR) is 137 cm³/mol. The molecular formula is C26H24F3N5O3S. The zero-order valence-corrected chi connectivity index (χ0v) is 21.3. The second-order valence-electron chi connectivity index (χ2n) is 8.95. The molecule has 1 fully saturated rings. The highest BCUT2D eigenvalue weighted by atomic mass is 32.2. The highest BCUT2D eigenvalue weighted by molar-refractivity contribution is 8.00. The first-order chi connectivity index (χ1) is 17.9. The number of hydrogen-bond acceptors (Lipinski definition) is 5. The molecule has 5 amide bonds. The standard InChI is InChI=1S/C26H24F3N5O3S/c1-25(2)22(35)34(19-8-10-20(11-9-19)38-26(27,28)29)24(37)33(25)16-18-12-13-30-21(14-18)32-23(36)31-15-17-6-4-3-5-7-17/h3-14H,15-16H2,1-2H3,(H2,30,31,32,36). The molecule has 4 rings (SSSR count). The van der Waals surface area contributed by atoms with Gasteiger partial charge in [0.15, 0.2) is 0 Å². The van der Waals surface area contributed by atoms with Crippen LogP contribution in [0.3, 0.4) is 0 Å². The maximum Gasteiger partial charge on any atom is 0.446 e. The minimum atomic E-state index is -4.44. The van der Waals surface area contributed by atoms with Gasteiger partial charge in [-0.3, -0.25) is 10.1 Å². The van der Waals surface area contributed by atoms with Crippen molar-refractivity contribution in [2.24, 2.45) is 0 Å². The van der Waals surface area contributed by atoms with E-state index in [1.54, 1.807) is 26.0 Å². The van der Waals surface area contributed by atoms with Crippen LogP contribution < -0.4 is 15.5 Å². The molecular weight excluding hydrogens is 519 g/mol. The van der Waals surface area contributed by atoms with Gasteiger partial charge in [0.1, 0.15) is 11.4 Å². The molecule has 0 unspecified atom stereocenters. The molecule has 2 N–H and O–H groups in total. The number of hydrogen-bond donors (Lipinski definition) is 2. The quantitative estimate of drug-likeness (QED) is 0.292. The Morgan fingerprint density at radius 1 is 1.00 bits per heavy atom. The molecule has 2 heterocycles. The number of anilines is 2. The maximum atomic E-state index is 13.3. The van der Waals surface area contributed by atoms with Crippen molar-refractivity contribution < 1.29 is 27.6 Å². The summed E-state index contributed by atoms with van der Waals surface area (Å²) < 4.78 is 37.9. The number of halogens is 3. The fourth-order valence-corrected chi connectivity index (χ4v) is 4.43. The van der Waals surface area contributed by atoms with Crippen molar-refractivity contribution >= 4 is 41.2 Å². The van der Waals surface area contributed by atoms with Gasteiger partial charge < -0.3 is 10.2 Å². The summed E-state index contributed by atoms with van der Waals surface area (Å²) in [4.78, 5) is 45.1. The van der Waals surface area contributed by atoms with Crippen molar-refractivity contribution in [2.75, 3.05) is 10.2 Å². The summed E-state index contributed by atoms with van der Waals surface area (Å²) in [6.45, 7) is 3.56. The van der Waals surface area contributed by atoms with Crippen LogP contribution >= 0.6 is 11.8 Å². The fourth-order valence-electron chi connectivity index (χ4n) is 3.89. The zero-order valence-electron chi connectivity index (χ0n) is 20.5.